The number of carbonyl (C=O) groups excluding carboxylic acids is 2. The standard InChI is InChI=1S/C32H40ClN3O4S/c1-5-25(3)34-32(38)30(21-26-13-8-6-9-14-26)35(23-27-15-10-7-11-16-27)31(37)17-12-20-36(41(4,39)40)29-22-28(33)19-18-24(29)2/h6-11,13-16,18-19,22,25,30H,5,12,17,20-21,23H2,1-4H3,(H,34,38)/t25-,30-/m0/s1. The number of hydrogen-bond donors (Lipinski definition) is 1. The van der Waals surface area contributed by atoms with Gasteiger partial charge in [0.2, 0.25) is 21.8 Å². The third-order valence-corrected chi connectivity index (χ3v) is 8.47. The van der Waals surface area contributed by atoms with Crippen LogP contribution in [0.2, 0.25) is 5.02 Å². The fourth-order valence-electron chi connectivity index (χ4n) is 4.61. The highest BCUT2D eigenvalue weighted by atomic mass is 35.5. The molecule has 3 aromatic carbocycles. The number of hydrogen-bond acceptors (Lipinski definition) is 4. The Morgan fingerprint density at radius 2 is 1.56 bits per heavy atom. The first-order chi connectivity index (χ1) is 19.5. The highest BCUT2D eigenvalue weighted by molar-refractivity contribution is 7.92. The van der Waals surface area contributed by atoms with Crippen molar-refractivity contribution < 1.29 is 18.0 Å². The van der Waals surface area contributed by atoms with Gasteiger partial charge in [-0.2, -0.15) is 0 Å². The molecule has 0 fully saturated rings. The molecule has 0 saturated heterocycles. The summed E-state index contributed by atoms with van der Waals surface area (Å²) in [6, 6.07) is 23.6. The molecule has 220 valence electrons. The van der Waals surface area contributed by atoms with E-state index in [0.29, 0.717) is 17.1 Å². The van der Waals surface area contributed by atoms with Gasteiger partial charge in [-0.15, -0.1) is 0 Å². The topological polar surface area (TPSA) is 86.8 Å². The van der Waals surface area contributed by atoms with E-state index >= 15 is 0 Å². The molecule has 3 rings (SSSR count). The van der Waals surface area contributed by atoms with E-state index in [1.54, 1.807) is 23.1 Å². The van der Waals surface area contributed by atoms with Crippen LogP contribution in [0.3, 0.4) is 0 Å². The van der Waals surface area contributed by atoms with Gasteiger partial charge in [-0.05, 0) is 55.5 Å². The maximum atomic E-state index is 13.9. The molecule has 0 saturated carbocycles. The number of anilines is 1. The van der Waals surface area contributed by atoms with Crippen LogP contribution in [0.1, 0.15) is 49.8 Å². The van der Waals surface area contributed by atoms with Crippen LogP contribution >= 0.6 is 11.6 Å². The summed E-state index contributed by atoms with van der Waals surface area (Å²) in [6.45, 7) is 6.12. The zero-order valence-corrected chi connectivity index (χ0v) is 25.8. The van der Waals surface area contributed by atoms with Crippen molar-refractivity contribution in [2.75, 3.05) is 17.1 Å². The molecule has 0 unspecified atom stereocenters. The molecule has 0 aliphatic rings. The normalized spacial score (nSPS) is 12.8. The van der Waals surface area contributed by atoms with E-state index in [-0.39, 0.29) is 43.8 Å². The molecule has 2 amide bonds. The average Bonchev–Trinajstić information content (AvgIpc) is 2.94. The largest absolute Gasteiger partial charge is 0.352 e. The van der Waals surface area contributed by atoms with E-state index in [0.717, 1.165) is 29.4 Å². The first-order valence-electron chi connectivity index (χ1n) is 13.9. The lowest BCUT2D eigenvalue weighted by molar-refractivity contribution is -0.141. The molecule has 3 aromatic rings. The first-order valence-corrected chi connectivity index (χ1v) is 16.1. The Hall–Kier alpha value is -3.36. The lowest BCUT2D eigenvalue weighted by Crippen LogP contribution is -2.52. The molecule has 1 N–H and O–H groups in total. The third kappa shape index (κ3) is 9.61. The second-order valence-electron chi connectivity index (χ2n) is 10.4. The Morgan fingerprint density at radius 1 is 0.951 bits per heavy atom. The first kappa shape index (κ1) is 32.2. The van der Waals surface area contributed by atoms with Crippen molar-refractivity contribution >= 4 is 39.1 Å². The predicted octanol–water partition coefficient (Wildman–Crippen LogP) is 5.75. The van der Waals surface area contributed by atoms with Crippen molar-refractivity contribution in [2.45, 2.75) is 65.1 Å². The van der Waals surface area contributed by atoms with Crippen LogP contribution in [0.5, 0.6) is 0 Å². The van der Waals surface area contributed by atoms with Gasteiger partial charge in [-0.1, -0.05) is 85.3 Å². The number of nitrogens with zero attached hydrogens (tertiary/aromatic N) is 2. The highest BCUT2D eigenvalue weighted by Gasteiger charge is 2.31. The Morgan fingerprint density at radius 3 is 2.15 bits per heavy atom. The van der Waals surface area contributed by atoms with Crippen molar-refractivity contribution in [3.8, 4) is 0 Å². The summed E-state index contributed by atoms with van der Waals surface area (Å²) in [5.74, 6) is -0.426. The van der Waals surface area contributed by atoms with Crippen LogP contribution in [-0.2, 0) is 32.6 Å². The van der Waals surface area contributed by atoms with Crippen LogP contribution < -0.4 is 9.62 Å². The minimum atomic E-state index is -3.63. The molecule has 2 atom stereocenters. The minimum Gasteiger partial charge on any atom is -0.352 e. The smallest absolute Gasteiger partial charge is 0.243 e. The van der Waals surface area contributed by atoms with Crippen LogP contribution in [0.25, 0.3) is 0 Å². The number of benzene rings is 3. The lowest BCUT2D eigenvalue weighted by Gasteiger charge is -2.33. The molecule has 0 radical (unpaired) electrons. The number of halogens is 1. The Balaban J connectivity index is 1.89. The van der Waals surface area contributed by atoms with Crippen molar-refractivity contribution in [3.05, 3.63) is 101 Å². The zero-order valence-electron chi connectivity index (χ0n) is 24.2. The fourth-order valence-corrected chi connectivity index (χ4v) is 5.79. The Labute approximate surface area is 249 Å². The zero-order chi connectivity index (χ0) is 30.0. The Kier molecular flexibility index (Phi) is 11.8. The van der Waals surface area contributed by atoms with Gasteiger partial charge in [0.25, 0.3) is 0 Å². The van der Waals surface area contributed by atoms with E-state index < -0.39 is 16.1 Å². The monoisotopic (exact) mass is 597 g/mol. The molecule has 7 nitrogen and oxygen atoms in total. The molecule has 0 spiro atoms. The molecule has 9 heteroatoms. The molecular weight excluding hydrogens is 558 g/mol. The van der Waals surface area contributed by atoms with Crippen LogP contribution in [0, 0.1) is 6.92 Å². The minimum absolute atomic E-state index is 0.0429. The van der Waals surface area contributed by atoms with Gasteiger partial charge in [-0.25, -0.2) is 8.42 Å². The molecule has 0 aliphatic heterocycles. The molecule has 0 bridgehead atoms. The summed E-state index contributed by atoms with van der Waals surface area (Å²) in [6.07, 6.45) is 2.61. The predicted molar refractivity (Wildman–Crippen MR) is 166 cm³/mol. The summed E-state index contributed by atoms with van der Waals surface area (Å²) in [4.78, 5) is 29.1. The maximum Gasteiger partial charge on any atom is 0.243 e. The van der Waals surface area contributed by atoms with Gasteiger partial charge >= 0.3 is 0 Å². The van der Waals surface area contributed by atoms with E-state index in [9.17, 15) is 18.0 Å². The average molecular weight is 598 g/mol. The number of aryl methyl sites for hydroxylation is 1. The summed E-state index contributed by atoms with van der Waals surface area (Å²) in [5.41, 5.74) is 3.11. The van der Waals surface area contributed by atoms with Gasteiger partial charge in [0.05, 0.1) is 11.9 Å². The molecular formula is C32H40ClN3O4S. The maximum absolute atomic E-state index is 13.9. The van der Waals surface area contributed by atoms with Crippen molar-refractivity contribution in [2.24, 2.45) is 0 Å². The van der Waals surface area contributed by atoms with E-state index in [1.165, 1.54) is 4.31 Å². The van der Waals surface area contributed by atoms with Crippen LogP contribution in [-0.4, -0.2) is 50.0 Å². The Bertz CT molecular complexity index is 1400. The van der Waals surface area contributed by atoms with Crippen LogP contribution in [0.4, 0.5) is 5.69 Å². The van der Waals surface area contributed by atoms with E-state index in [1.807, 2.05) is 81.4 Å². The molecule has 0 heterocycles. The van der Waals surface area contributed by atoms with Gasteiger partial charge in [-0.3, -0.25) is 13.9 Å². The second kappa shape index (κ2) is 15.0. The number of rotatable bonds is 14. The number of sulfonamides is 1. The summed E-state index contributed by atoms with van der Waals surface area (Å²) >= 11 is 6.17. The van der Waals surface area contributed by atoms with E-state index in [4.69, 9.17) is 11.6 Å². The fraction of sp³-hybridized carbons (Fsp3) is 0.375. The SMILES string of the molecule is CC[C@H](C)NC(=O)[C@H](Cc1ccccc1)N(Cc1ccccc1)C(=O)CCCN(c1cc(Cl)ccc1C)S(C)(=O)=O. The van der Waals surface area contributed by atoms with Crippen molar-refractivity contribution in [3.63, 3.8) is 0 Å². The van der Waals surface area contributed by atoms with Gasteiger partial charge in [0.1, 0.15) is 6.04 Å². The molecule has 0 aliphatic carbocycles. The quantitative estimate of drug-likeness (QED) is 0.256. The summed E-state index contributed by atoms with van der Waals surface area (Å²) in [5, 5.41) is 3.50. The summed E-state index contributed by atoms with van der Waals surface area (Å²) in [7, 11) is -3.63. The van der Waals surface area contributed by atoms with Gasteiger partial charge in [0.15, 0.2) is 0 Å². The summed E-state index contributed by atoms with van der Waals surface area (Å²) < 4.78 is 26.7. The number of amides is 2. The van der Waals surface area contributed by atoms with E-state index in [2.05, 4.69) is 5.32 Å². The molecule has 41 heavy (non-hydrogen) atoms. The number of nitrogens with one attached hydrogen (secondary N) is 1. The van der Waals surface area contributed by atoms with Crippen molar-refractivity contribution in [1.82, 2.24) is 10.2 Å². The van der Waals surface area contributed by atoms with Gasteiger partial charge in [0, 0.05) is 37.0 Å². The van der Waals surface area contributed by atoms with Crippen LogP contribution in [0.15, 0.2) is 78.9 Å². The van der Waals surface area contributed by atoms with Crippen molar-refractivity contribution in [1.29, 1.82) is 0 Å². The molecule has 0 aromatic heterocycles. The second-order valence-corrected chi connectivity index (χ2v) is 12.7. The third-order valence-electron chi connectivity index (χ3n) is 7.06. The van der Waals surface area contributed by atoms with Gasteiger partial charge < -0.3 is 10.2 Å². The number of carbonyl (C=O) groups is 2. The lowest BCUT2D eigenvalue weighted by atomic mass is 10.0. The highest BCUT2D eigenvalue weighted by Crippen LogP contribution is 2.27.